The molecule has 0 saturated heterocycles. The lowest BCUT2D eigenvalue weighted by Crippen LogP contribution is -2.42. The number of hydrogen-bond donors (Lipinski definition) is 2. The minimum absolute atomic E-state index is 0.139. The summed E-state index contributed by atoms with van der Waals surface area (Å²) >= 11 is 1.70. The Kier molecular flexibility index (Phi) is 5.32. The summed E-state index contributed by atoms with van der Waals surface area (Å²) in [6, 6.07) is 0.616. The Morgan fingerprint density at radius 2 is 2.06 bits per heavy atom. The molecule has 1 aliphatic rings. The molecule has 0 aromatic carbocycles. The smallest absolute Gasteiger partial charge is 0.230 e. The van der Waals surface area contributed by atoms with Crippen LogP contribution < -0.4 is 11.1 Å². The molecule has 0 aromatic heterocycles. The van der Waals surface area contributed by atoms with Crippen LogP contribution in [0.15, 0.2) is 0 Å². The van der Waals surface area contributed by atoms with Crippen LogP contribution in [-0.2, 0) is 4.79 Å². The Morgan fingerprint density at radius 3 is 2.47 bits per heavy atom. The van der Waals surface area contributed by atoms with Crippen LogP contribution in [0.5, 0.6) is 0 Å². The quantitative estimate of drug-likeness (QED) is 0.767. The Bertz CT molecular complexity index is 259. The van der Waals surface area contributed by atoms with Crippen molar-refractivity contribution in [2.24, 2.45) is 11.1 Å². The van der Waals surface area contributed by atoms with Gasteiger partial charge in [-0.3, -0.25) is 4.79 Å². The third-order valence-corrected chi connectivity index (χ3v) is 4.89. The molecule has 0 radical (unpaired) electrons. The average Bonchev–Trinajstić information content (AvgIpc) is 2.99. The number of thioether (sulfide) groups is 1. The van der Waals surface area contributed by atoms with Crippen molar-refractivity contribution in [3.8, 4) is 0 Å². The van der Waals surface area contributed by atoms with Crippen LogP contribution in [0.25, 0.3) is 0 Å². The lowest BCUT2D eigenvalue weighted by atomic mass is 9.87. The fourth-order valence-electron chi connectivity index (χ4n) is 1.89. The van der Waals surface area contributed by atoms with Crippen LogP contribution in [0.1, 0.15) is 47.0 Å². The summed E-state index contributed by atoms with van der Waals surface area (Å²) in [5.41, 5.74) is 6.29. The lowest BCUT2D eigenvalue weighted by Gasteiger charge is -2.34. The summed E-state index contributed by atoms with van der Waals surface area (Å²) in [5.74, 6) is 0.696. The molecule has 4 heteroatoms. The first-order chi connectivity index (χ1) is 7.84. The summed E-state index contributed by atoms with van der Waals surface area (Å²) in [5, 5.41) is 3.35. The molecule has 1 amide bonds. The van der Waals surface area contributed by atoms with E-state index >= 15 is 0 Å². The second-order valence-electron chi connectivity index (χ2n) is 6.01. The molecular weight excluding hydrogens is 232 g/mol. The van der Waals surface area contributed by atoms with Gasteiger partial charge in [-0.05, 0) is 24.7 Å². The van der Waals surface area contributed by atoms with E-state index in [1.165, 1.54) is 0 Å². The molecule has 0 spiro atoms. The van der Waals surface area contributed by atoms with Crippen LogP contribution in [0.2, 0.25) is 0 Å². The van der Waals surface area contributed by atoms with Gasteiger partial charge >= 0.3 is 0 Å². The standard InChI is InChI=1S/C13H26N2OS/c1-5-10(14)12(13(2,3)4)17-8-11(16)15-9-6-7-9/h9-10,12H,5-8,14H2,1-4H3,(H,15,16). The average molecular weight is 258 g/mol. The molecule has 1 aliphatic carbocycles. The van der Waals surface area contributed by atoms with Gasteiger partial charge in [0.15, 0.2) is 0 Å². The minimum atomic E-state index is 0.139. The number of nitrogens with two attached hydrogens (primary N) is 1. The van der Waals surface area contributed by atoms with Gasteiger partial charge < -0.3 is 11.1 Å². The Hall–Kier alpha value is -0.220. The van der Waals surface area contributed by atoms with E-state index < -0.39 is 0 Å². The molecule has 3 N–H and O–H groups in total. The predicted octanol–water partition coefficient (Wildman–Crippen LogP) is 2.15. The first-order valence-electron chi connectivity index (χ1n) is 6.51. The van der Waals surface area contributed by atoms with Crippen molar-refractivity contribution in [2.75, 3.05) is 5.75 Å². The molecule has 2 unspecified atom stereocenters. The van der Waals surface area contributed by atoms with E-state index in [1.807, 2.05) is 0 Å². The van der Waals surface area contributed by atoms with Gasteiger partial charge in [-0.1, -0.05) is 27.7 Å². The van der Waals surface area contributed by atoms with Crippen molar-refractivity contribution in [3.63, 3.8) is 0 Å². The molecule has 3 nitrogen and oxygen atoms in total. The monoisotopic (exact) mass is 258 g/mol. The largest absolute Gasteiger partial charge is 0.353 e. The highest BCUT2D eigenvalue weighted by atomic mass is 32.2. The topological polar surface area (TPSA) is 55.1 Å². The molecule has 1 fully saturated rings. The SMILES string of the molecule is CCC(N)C(SCC(=O)NC1CC1)C(C)(C)C. The summed E-state index contributed by atoms with van der Waals surface area (Å²) in [6.45, 7) is 8.69. The molecule has 0 bridgehead atoms. The summed E-state index contributed by atoms with van der Waals surface area (Å²) in [7, 11) is 0. The molecule has 0 aliphatic heterocycles. The predicted molar refractivity (Wildman–Crippen MR) is 75.1 cm³/mol. The number of amides is 1. The second kappa shape index (κ2) is 6.10. The molecule has 0 aromatic rings. The van der Waals surface area contributed by atoms with Gasteiger partial charge in [-0.2, -0.15) is 0 Å². The summed E-state index contributed by atoms with van der Waals surface area (Å²) in [6.07, 6.45) is 3.25. The van der Waals surface area contributed by atoms with Gasteiger partial charge in [0.2, 0.25) is 5.91 Å². The lowest BCUT2D eigenvalue weighted by molar-refractivity contribution is -0.118. The Balaban J connectivity index is 2.39. The van der Waals surface area contributed by atoms with E-state index in [0.29, 0.717) is 17.0 Å². The second-order valence-corrected chi connectivity index (χ2v) is 7.14. The van der Waals surface area contributed by atoms with E-state index in [1.54, 1.807) is 11.8 Å². The van der Waals surface area contributed by atoms with Crippen molar-refractivity contribution in [1.29, 1.82) is 0 Å². The van der Waals surface area contributed by atoms with Crippen LogP contribution in [0.3, 0.4) is 0 Å². The van der Waals surface area contributed by atoms with Crippen molar-refractivity contribution in [3.05, 3.63) is 0 Å². The molecule has 17 heavy (non-hydrogen) atoms. The van der Waals surface area contributed by atoms with Gasteiger partial charge in [0.25, 0.3) is 0 Å². The number of carbonyl (C=O) groups is 1. The van der Waals surface area contributed by atoms with Gasteiger partial charge in [0, 0.05) is 17.3 Å². The van der Waals surface area contributed by atoms with Crippen LogP contribution in [-0.4, -0.2) is 29.0 Å². The fraction of sp³-hybridized carbons (Fsp3) is 0.923. The van der Waals surface area contributed by atoms with Crippen LogP contribution in [0.4, 0.5) is 0 Å². The summed E-state index contributed by atoms with van der Waals surface area (Å²) in [4.78, 5) is 11.7. The summed E-state index contributed by atoms with van der Waals surface area (Å²) < 4.78 is 0. The van der Waals surface area contributed by atoms with E-state index in [0.717, 1.165) is 19.3 Å². The highest BCUT2D eigenvalue weighted by Crippen LogP contribution is 2.33. The highest BCUT2D eigenvalue weighted by Gasteiger charge is 2.31. The van der Waals surface area contributed by atoms with Crippen molar-refractivity contribution >= 4 is 17.7 Å². The normalized spacial score (nSPS) is 19.8. The minimum Gasteiger partial charge on any atom is -0.353 e. The van der Waals surface area contributed by atoms with Crippen molar-refractivity contribution in [1.82, 2.24) is 5.32 Å². The Morgan fingerprint density at radius 1 is 1.47 bits per heavy atom. The zero-order chi connectivity index (χ0) is 13.1. The van der Waals surface area contributed by atoms with E-state index in [2.05, 4.69) is 33.0 Å². The first kappa shape index (κ1) is 14.8. The maximum atomic E-state index is 11.7. The highest BCUT2D eigenvalue weighted by molar-refractivity contribution is 8.00. The number of nitrogens with one attached hydrogen (secondary N) is 1. The number of hydrogen-bond acceptors (Lipinski definition) is 3. The Labute approximate surface area is 109 Å². The van der Waals surface area contributed by atoms with Gasteiger partial charge in [-0.15, -0.1) is 11.8 Å². The van der Waals surface area contributed by atoms with Gasteiger partial charge in [-0.25, -0.2) is 0 Å². The third kappa shape index (κ3) is 5.30. The maximum absolute atomic E-state index is 11.7. The van der Waals surface area contributed by atoms with Crippen LogP contribution in [0, 0.1) is 5.41 Å². The van der Waals surface area contributed by atoms with Gasteiger partial charge in [0.05, 0.1) is 5.75 Å². The third-order valence-electron chi connectivity index (χ3n) is 3.05. The zero-order valence-corrected chi connectivity index (χ0v) is 12.3. The zero-order valence-electron chi connectivity index (χ0n) is 11.5. The van der Waals surface area contributed by atoms with Crippen molar-refractivity contribution in [2.45, 2.75) is 64.3 Å². The molecule has 1 saturated carbocycles. The maximum Gasteiger partial charge on any atom is 0.230 e. The molecule has 1 rings (SSSR count). The van der Waals surface area contributed by atoms with E-state index in [4.69, 9.17) is 5.73 Å². The van der Waals surface area contributed by atoms with Crippen LogP contribution >= 0.6 is 11.8 Å². The molecular formula is C13H26N2OS. The molecule has 0 heterocycles. The van der Waals surface area contributed by atoms with E-state index in [9.17, 15) is 4.79 Å². The fourth-order valence-corrected chi connectivity index (χ4v) is 3.25. The van der Waals surface area contributed by atoms with Gasteiger partial charge in [0.1, 0.15) is 0 Å². The van der Waals surface area contributed by atoms with E-state index in [-0.39, 0.29) is 17.4 Å². The molecule has 2 atom stereocenters. The first-order valence-corrected chi connectivity index (χ1v) is 7.56. The van der Waals surface area contributed by atoms with Crippen molar-refractivity contribution < 1.29 is 4.79 Å². The number of rotatable bonds is 6. The molecule has 100 valence electrons. The number of carbonyl (C=O) groups excluding carboxylic acids is 1.